The fourth-order valence-electron chi connectivity index (χ4n) is 9.46. The maximum absolute atomic E-state index is 9.41. The number of hydrogen-bond acceptors (Lipinski definition) is 17. The summed E-state index contributed by atoms with van der Waals surface area (Å²) in [7, 11) is 4.78. The van der Waals surface area contributed by atoms with Crippen molar-refractivity contribution in [3.63, 3.8) is 0 Å². The van der Waals surface area contributed by atoms with E-state index in [1.165, 1.54) is 104 Å². The first-order chi connectivity index (χ1) is 36.2. The molecule has 3 atom stereocenters. The van der Waals surface area contributed by atoms with Crippen molar-refractivity contribution in [1.82, 2.24) is 60.0 Å². The molecule has 4 aliphatic heterocycles. The molecule has 76 heavy (non-hydrogen) atoms. The van der Waals surface area contributed by atoms with Crippen LogP contribution in [0.25, 0.3) is 27.5 Å². The Balaban J connectivity index is 0.000000226. The van der Waals surface area contributed by atoms with Crippen LogP contribution in [-0.4, -0.2) is 229 Å². The number of rotatable bonds is 8. The van der Waals surface area contributed by atoms with Crippen molar-refractivity contribution in [2.45, 2.75) is 55.8 Å². The number of aromatic nitrogens is 8. The number of benzene rings is 2. The quantitative estimate of drug-likeness (QED) is 0.0642. The fourth-order valence-corrected chi connectivity index (χ4v) is 11.2. The van der Waals surface area contributed by atoms with E-state index in [0.717, 1.165) is 102 Å². The Labute approximate surface area is 584 Å². The molecule has 30 heteroatoms. The number of ether oxygens (including phenoxy) is 2. The van der Waals surface area contributed by atoms with Crippen molar-refractivity contribution in [3.05, 3.63) is 74.0 Å². The Hall–Kier alpha value is 2.48. The summed E-state index contributed by atoms with van der Waals surface area (Å²) in [5, 5.41) is 46.7. The summed E-state index contributed by atoms with van der Waals surface area (Å²) in [6.07, 6.45) is 16.8. The first kappa shape index (κ1) is 71.0. The summed E-state index contributed by atoms with van der Waals surface area (Å²) in [5.41, 5.74) is 5.35. The summed E-state index contributed by atoms with van der Waals surface area (Å²) >= 11 is 18.0. The average Bonchev–Trinajstić information content (AvgIpc) is 4.25. The number of nitrogens with one attached hydrogen (secondary N) is 3. The SMILES string of the molecule is CN[C@@H]1CCCC[C@H]1NC.Cn1cc(-n2ncc3cc(Br)c(N4CCN(C5(C)COC5)CC4)cc32)cn1.Cn1cc(I)cn1.N#CC1(N2CCN(c3cc4[nH]ncc4cc3Br)CC2)COC1.O=[P+]([O-])O[O-].[Cu][I].[K+].[K][K]. The van der Waals surface area contributed by atoms with Gasteiger partial charge >= 0.3 is 156 Å². The zero-order valence-electron chi connectivity index (χ0n) is 44.3. The molecule has 1 unspecified atom stereocenters. The van der Waals surface area contributed by atoms with Crippen molar-refractivity contribution >= 4 is 179 Å². The molecule has 5 aliphatic rings. The number of anilines is 2. The van der Waals surface area contributed by atoms with Gasteiger partial charge in [0.25, 0.3) is 0 Å². The molecule has 0 bridgehead atoms. The maximum atomic E-state index is 9.41. The van der Waals surface area contributed by atoms with E-state index in [1.807, 2.05) is 56.0 Å². The number of H-pyrrole nitrogens is 1. The molecule has 4 saturated heterocycles. The van der Waals surface area contributed by atoms with Crippen LogP contribution in [0.1, 0.15) is 32.6 Å². The molecule has 0 radical (unpaired) electrons. The molecular weight excluding hydrogens is 1480 g/mol. The Morgan fingerprint density at radius 2 is 1.33 bits per heavy atom. The van der Waals surface area contributed by atoms with Crippen LogP contribution in [0, 0.1) is 14.9 Å². The number of nitriles is 1. The third-order valence-electron chi connectivity index (χ3n) is 13.6. The van der Waals surface area contributed by atoms with Crippen molar-refractivity contribution in [1.29, 1.82) is 5.26 Å². The zero-order chi connectivity index (χ0) is 54.7. The van der Waals surface area contributed by atoms with E-state index >= 15 is 0 Å². The summed E-state index contributed by atoms with van der Waals surface area (Å²) in [5.74, 6) is 0. The number of likely N-dealkylation sites (N-methyl/N-ethyl adjacent to an activating group) is 2. The summed E-state index contributed by atoms with van der Waals surface area (Å²) < 4.78 is 30.9. The van der Waals surface area contributed by atoms with Gasteiger partial charge in [-0.1, -0.05) is 12.8 Å². The van der Waals surface area contributed by atoms with Crippen LogP contribution in [-0.2, 0) is 45.6 Å². The van der Waals surface area contributed by atoms with E-state index in [0.29, 0.717) is 25.3 Å². The van der Waals surface area contributed by atoms with Gasteiger partial charge in [-0.15, -0.1) is 0 Å². The van der Waals surface area contributed by atoms with Gasteiger partial charge < -0.3 is 40.1 Å². The van der Waals surface area contributed by atoms with Crippen LogP contribution < -0.4 is 82.0 Å². The Kier molecular flexibility index (Phi) is 34.0. The molecule has 5 fully saturated rings. The second-order valence-electron chi connectivity index (χ2n) is 18.3. The van der Waals surface area contributed by atoms with Gasteiger partial charge in [0.1, 0.15) is 5.69 Å². The third kappa shape index (κ3) is 20.0. The molecule has 11 rings (SSSR count). The zero-order valence-corrected chi connectivity index (χ0v) is 63.0. The predicted molar refractivity (Wildman–Crippen MR) is 310 cm³/mol. The molecule has 3 N–H and O–H groups in total. The van der Waals surface area contributed by atoms with Crippen LogP contribution in [0.2, 0.25) is 0 Å². The molecule has 404 valence electrons. The van der Waals surface area contributed by atoms with E-state index in [-0.39, 0.29) is 56.9 Å². The van der Waals surface area contributed by atoms with Gasteiger partial charge in [-0.25, -0.2) is 9.36 Å². The summed E-state index contributed by atoms with van der Waals surface area (Å²) in [6.45, 7) is 12.8. The van der Waals surface area contributed by atoms with Crippen molar-refractivity contribution in [2.75, 3.05) is 103 Å². The van der Waals surface area contributed by atoms with Crippen molar-refractivity contribution in [2.24, 2.45) is 14.1 Å². The second kappa shape index (κ2) is 36.5. The van der Waals surface area contributed by atoms with Gasteiger partial charge in [-0.05, 0) is 117 Å². The topological polar surface area (TPSA) is 234 Å². The van der Waals surface area contributed by atoms with Gasteiger partial charge in [-0.2, -0.15) is 25.7 Å². The van der Waals surface area contributed by atoms with Crippen molar-refractivity contribution in [3.8, 4) is 11.8 Å². The van der Waals surface area contributed by atoms with Crippen LogP contribution in [0.3, 0.4) is 0 Å². The third-order valence-corrected chi connectivity index (χ3v) is 15.6. The molecule has 6 aromatic rings. The Morgan fingerprint density at radius 1 is 0.816 bits per heavy atom. The standard InChI is InChI=1S/C19H23BrN6O.C15H16BrN5O.C8H18N2.C4H5IN2.Cu.HI.3K.HO4P/c1-19(12-27-13-19)25-5-3-24(4-6-25)18-8-17-14(7-16(18)20)9-22-26(17)15-10-21-23(2)11-15;16-12-5-11-7-18-19-13(11)6-14(12)20-1-3-21(4-2-20)15(8-17)9-22-10-15;1-9-7-5-3-4-6-8(7)10-2;1-7-3-4(5)2-6-7;;;;;;1-4-5(2)3/h7-11H,3-6,12-13H2,1-2H3;5-7H,1-4,9-10H2,(H,18,19);7-10H,3-6H2,1-2H3;2-3H,1H3;;1H;;;;1H/q;;;;+1;;;;+1;/p-2/t;;7-,8-;;;;;;;/m..1......./s1. The summed E-state index contributed by atoms with van der Waals surface area (Å²) in [6, 6.07) is 12.5. The van der Waals surface area contributed by atoms with E-state index in [2.05, 4.69) is 179 Å². The minimum absolute atomic E-state index is 0. The van der Waals surface area contributed by atoms with Crippen LogP contribution >= 0.6 is 83.1 Å². The molecule has 1 aliphatic carbocycles. The van der Waals surface area contributed by atoms with Gasteiger partial charge in [0.15, 0.2) is 5.54 Å². The van der Waals surface area contributed by atoms with Gasteiger partial charge in [0.05, 0.1) is 95.0 Å². The summed E-state index contributed by atoms with van der Waals surface area (Å²) in [4.78, 5) is 18.5. The van der Waals surface area contributed by atoms with E-state index in [1.54, 1.807) is 29.7 Å². The average molecular weight is 1550 g/mol. The molecule has 0 spiro atoms. The normalized spacial score (nSPS) is 19.7. The molecule has 0 amide bonds. The number of nitrogens with zero attached hydrogens (tertiary/aromatic N) is 12. The van der Waals surface area contributed by atoms with E-state index in [9.17, 15) is 5.26 Å². The molecule has 8 heterocycles. The number of fused-ring (bicyclic) bond motifs is 2. The van der Waals surface area contributed by atoms with Gasteiger partial charge in [0.2, 0.25) is 0 Å². The molecule has 2 aromatic carbocycles. The van der Waals surface area contributed by atoms with Crippen LogP contribution in [0.15, 0.2) is 70.4 Å². The van der Waals surface area contributed by atoms with E-state index in [4.69, 9.17) is 24.2 Å². The molecule has 21 nitrogen and oxygen atoms in total. The minimum atomic E-state index is -3.15. The predicted octanol–water partition coefficient (Wildman–Crippen LogP) is 1.36. The van der Waals surface area contributed by atoms with Crippen LogP contribution in [0.4, 0.5) is 11.4 Å². The van der Waals surface area contributed by atoms with Gasteiger partial charge in [-0.3, -0.25) is 24.3 Å². The Bertz CT molecular complexity index is 2710. The second-order valence-corrected chi connectivity index (χ2v) is 21.9. The Morgan fingerprint density at radius 3 is 1.75 bits per heavy atom. The number of aromatic amines is 1. The monoisotopic (exact) mass is 1540 g/mol. The molecular formula is C46H62Br2CuI2K3N15O6P. The van der Waals surface area contributed by atoms with E-state index < -0.39 is 13.8 Å². The number of aryl methyl sites for hydroxylation is 2. The number of halogens is 4. The van der Waals surface area contributed by atoms with Gasteiger partial charge in [0, 0.05) is 104 Å². The fraction of sp³-hybridized carbons (Fsp3) is 0.543. The molecule has 4 aromatic heterocycles. The van der Waals surface area contributed by atoms with Crippen LogP contribution in [0.5, 0.6) is 0 Å². The number of hydrogen-bond donors (Lipinski definition) is 3. The molecule has 1 saturated carbocycles. The first-order valence-corrected chi connectivity index (χ1v) is 47.4. The van der Waals surface area contributed by atoms with Crippen molar-refractivity contribution < 1.29 is 93.0 Å². The number of piperazine rings is 2. The first-order valence-electron chi connectivity index (χ1n) is 24.6.